The first kappa shape index (κ1) is 10.3. The van der Waals surface area contributed by atoms with Crippen LogP contribution in [0, 0.1) is 0 Å². The van der Waals surface area contributed by atoms with Crippen molar-refractivity contribution in [2.75, 3.05) is 6.54 Å². The molecule has 0 amide bonds. The first-order valence-electron chi connectivity index (χ1n) is 5.05. The smallest absolute Gasteiger partial charge is 0.113 e. The molecule has 0 aliphatic carbocycles. The van der Waals surface area contributed by atoms with Gasteiger partial charge in [0.15, 0.2) is 0 Å². The molecule has 1 aromatic carbocycles. The van der Waals surface area contributed by atoms with Gasteiger partial charge in [-0.25, -0.2) is 0 Å². The number of halogens is 2. The second kappa shape index (κ2) is 4.52. The summed E-state index contributed by atoms with van der Waals surface area (Å²) >= 11 is 12.0. The molecule has 0 spiro atoms. The van der Waals surface area contributed by atoms with E-state index in [0.29, 0.717) is 6.04 Å². The molecular formula is C11H14Cl2N+. The maximum Gasteiger partial charge on any atom is 0.113 e. The Morgan fingerprint density at radius 2 is 2.07 bits per heavy atom. The Bertz CT molecular complexity index is 319. The molecule has 1 aliphatic rings. The number of benzene rings is 1. The van der Waals surface area contributed by atoms with E-state index in [0.717, 1.165) is 10.0 Å². The average molecular weight is 231 g/mol. The van der Waals surface area contributed by atoms with Gasteiger partial charge >= 0.3 is 0 Å². The molecule has 0 aromatic heterocycles. The summed E-state index contributed by atoms with van der Waals surface area (Å²) in [6, 6.07) is 6.34. The zero-order valence-electron chi connectivity index (χ0n) is 7.97. The number of rotatable bonds is 1. The Balaban J connectivity index is 2.22. The van der Waals surface area contributed by atoms with Gasteiger partial charge in [-0.3, -0.25) is 0 Å². The van der Waals surface area contributed by atoms with Gasteiger partial charge in [-0.1, -0.05) is 29.3 Å². The van der Waals surface area contributed by atoms with Crippen molar-refractivity contribution < 1.29 is 5.32 Å². The minimum atomic E-state index is 0.536. The lowest BCUT2D eigenvalue weighted by Gasteiger charge is -2.21. The maximum atomic E-state index is 6.16. The molecule has 1 aliphatic heterocycles. The summed E-state index contributed by atoms with van der Waals surface area (Å²) in [5.41, 5.74) is 1.23. The Hall–Kier alpha value is -0.240. The van der Waals surface area contributed by atoms with Crippen LogP contribution in [0.5, 0.6) is 0 Å². The van der Waals surface area contributed by atoms with Crippen LogP contribution in [-0.4, -0.2) is 6.54 Å². The highest BCUT2D eigenvalue weighted by molar-refractivity contribution is 6.35. The van der Waals surface area contributed by atoms with Crippen LogP contribution in [0.4, 0.5) is 0 Å². The van der Waals surface area contributed by atoms with E-state index in [4.69, 9.17) is 23.2 Å². The summed E-state index contributed by atoms with van der Waals surface area (Å²) in [5, 5.41) is 3.90. The van der Waals surface area contributed by atoms with Crippen LogP contribution in [-0.2, 0) is 0 Å². The van der Waals surface area contributed by atoms with Crippen LogP contribution in [0.25, 0.3) is 0 Å². The van der Waals surface area contributed by atoms with E-state index < -0.39 is 0 Å². The first-order valence-corrected chi connectivity index (χ1v) is 5.81. The van der Waals surface area contributed by atoms with Gasteiger partial charge in [0.1, 0.15) is 6.04 Å². The number of hydrogen-bond donors (Lipinski definition) is 1. The van der Waals surface area contributed by atoms with Crippen molar-refractivity contribution in [2.45, 2.75) is 25.3 Å². The van der Waals surface area contributed by atoms with Crippen molar-refractivity contribution in [1.82, 2.24) is 0 Å². The second-order valence-electron chi connectivity index (χ2n) is 3.79. The van der Waals surface area contributed by atoms with Crippen molar-refractivity contribution in [3.63, 3.8) is 0 Å². The highest BCUT2D eigenvalue weighted by Gasteiger charge is 2.20. The van der Waals surface area contributed by atoms with E-state index in [2.05, 4.69) is 11.4 Å². The number of quaternary nitrogens is 1. The fourth-order valence-electron chi connectivity index (χ4n) is 2.03. The van der Waals surface area contributed by atoms with E-state index in [1.165, 1.54) is 31.4 Å². The van der Waals surface area contributed by atoms with Crippen molar-refractivity contribution in [3.8, 4) is 0 Å². The molecule has 1 fully saturated rings. The van der Waals surface area contributed by atoms with Gasteiger partial charge < -0.3 is 5.32 Å². The zero-order chi connectivity index (χ0) is 9.97. The molecule has 76 valence electrons. The second-order valence-corrected chi connectivity index (χ2v) is 4.64. The summed E-state index contributed by atoms with van der Waals surface area (Å²) in [6.45, 7) is 1.21. The lowest BCUT2D eigenvalue weighted by Crippen LogP contribution is -2.86. The maximum absolute atomic E-state index is 6.16. The van der Waals surface area contributed by atoms with Crippen LogP contribution in [0.2, 0.25) is 10.0 Å². The van der Waals surface area contributed by atoms with Crippen LogP contribution in [0.3, 0.4) is 0 Å². The molecule has 0 saturated carbocycles. The normalized spacial score (nSPS) is 22.3. The first-order chi connectivity index (χ1) is 6.77. The van der Waals surface area contributed by atoms with Gasteiger partial charge in [0.25, 0.3) is 0 Å². The predicted octanol–water partition coefficient (Wildman–Crippen LogP) is 2.78. The third-order valence-corrected chi connectivity index (χ3v) is 3.34. The quantitative estimate of drug-likeness (QED) is 0.765. The van der Waals surface area contributed by atoms with Crippen LogP contribution >= 0.6 is 23.2 Å². The van der Waals surface area contributed by atoms with Crippen LogP contribution in [0.15, 0.2) is 18.2 Å². The highest BCUT2D eigenvalue weighted by atomic mass is 35.5. The van der Waals surface area contributed by atoms with E-state index in [-0.39, 0.29) is 0 Å². The van der Waals surface area contributed by atoms with E-state index in [9.17, 15) is 0 Å². The minimum Gasteiger partial charge on any atom is -0.340 e. The van der Waals surface area contributed by atoms with Crippen molar-refractivity contribution in [2.24, 2.45) is 0 Å². The molecule has 1 atom stereocenters. The average Bonchev–Trinajstić information content (AvgIpc) is 2.19. The van der Waals surface area contributed by atoms with Crippen molar-refractivity contribution >= 4 is 23.2 Å². The number of hydrogen-bond acceptors (Lipinski definition) is 0. The molecule has 0 unspecified atom stereocenters. The summed E-state index contributed by atoms with van der Waals surface area (Å²) < 4.78 is 0. The standard InChI is InChI=1S/C11H13Cl2N/c12-8-4-5-9(10(13)7-8)11-3-1-2-6-14-11/h4-5,7,11,14H,1-3,6H2/p+1/t11-/m0/s1. The largest absolute Gasteiger partial charge is 0.340 e. The molecule has 1 nitrogen and oxygen atoms in total. The Kier molecular flexibility index (Phi) is 3.32. The Labute approximate surface area is 94.4 Å². The van der Waals surface area contributed by atoms with Gasteiger partial charge in [0.2, 0.25) is 0 Å². The monoisotopic (exact) mass is 230 g/mol. The van der Waals surface area contributed by atoms with E-state index >= 15 is 0 Å². The molecule has 3 heteroatoms. The topological polar surface area (TPSA) is 16.6 Å². The van der Waals surface area contributed by atoms with E-state index in [1.54, 1.807) is 0 Å². The van der Waals surface area contributed by atoms with Gasteiger partial charge in [0.05, 0.1) is 11.6 Å². The Morgan fingerprint density at radius 1 is 1.21 bits per heavy atom. The number of piperidine rings is 1. The number of nitrogens with two attached hydrogens (primary N) is 1. The Morgan fingerprint density at radius 3 is 2.71 bits per heavy atom. The summed E-state index contributed by atoms with van der Waals surface area (Å²) in [6.07, 6.45) is 3.85. The molecule has 1 aromatic rings. The van der Waals surface area contributed by atoms with Gasteiger partial charge in [-0.15, -0.1) is 0 Å². The highest BCUT2D eigenvalue weighted by Crippen LogP contribution is 2.27. The molecule has 1 heterocycles. The molecule has 2 N–H and O–H groups in total. The molecule has 2 rings (SSSR count). The molecule has 1 saturated heterocycles. The zero-order valence-corrected chi connectivity index (χ0v) is 9.48. The SMILES string of the molecule is Clc1ccc([C@@H]2CCCC[NH2+]2)c(Cl)c1. The summed E-state index contributed by atoms with van der Waals surface area (Å²) in [5.74, 6) is 0. The molecule has 0 bridgehead atoms. The van der Waals surface area contributed by atoms with Crippen molar-refractivity contribution in [1.29, 1.82) is 0 Å². The summed E-state index contributed by atoms with van der Waals surface area (Å²) in [7, 11) is 0. The third-order valence-electron chi connectivity index (χ3n) is 2.78. The lowest BCUT2D eigenvalue weighted by molar-refractivity contribution is -0.704. The van der Waals surface area contributed by atoms with Gasteiger partial charge in [-0.05, 0) is 25.0 Å². The molecule has 0 radical (unpaired) electrons. The van der Waals surface area contributed by atoms with Gasteiger partial charge in [0, 0.05) is 17.0 Å². The van der Waals surface area contributed by atoms with Crippen LogP contribution < -0.4 is 5.32 Å². The third kappa shape index (κ3) is 2.22. The predicted molar refractivity (Wildman–Crippen MR) is 59.8 cm³/mol. The van der Waals surface area contributed by atoms with Crippen molar-refractivity contribution in [3.05, 3.63) is 33.8 Å². The minimum absolute atomic E-state index is 0.536. The lowest BCUT2D eigenvalue weighted by atomic mass is 9.98. The van der Waals surface area contributed by atoms with E-state index in [1.807, 2.05) is 12.1 Å². The van der Waals surface area contributed by atoms with Crippen LogP contribution in [0.1, 0.15) is 30.9 Å². The fourth-order valence-corrected chi connectivity index (χ4v) is 2.58. The fraction of sp³-hybridized carbons (Fsp3) is 0.455. The molecular weight excluding hydrogens is 217 g/mol. The molecule has 14 heavy (non-hydrogen) atoms. The summed E-state index contributed by atoms with van der Waals surface area (Å²) in [4.78, 5) is 0. The van der Waals surface area contributed by atoms with Gasteiger partial charge in [-0.2, -0.15) is 0 Å².